The monoisotopic (exact) mass is 367 g/mol. The van der Waals surface area contributed by atoms with Crippen molar-refractivity contribution in [2.45, 2.75) is 44.4 Å². The zero-order valence-electron chi connectivity index (χ0n) is 15.4. The SMILES string of the molecule is CNS(=O)(=O)c1cc(C(=O)NCCCN2CCCCC2)cc(C)c1C. The molecule has 1 aromatic rings. The molecular formula is C18H29N3O3S. The number of nitrogens with zero attached hydrogens (tertiary/aromatic N) is 1. The average Bonchev–Trinajstić information content (AvgIpc) is 2.61. The van der Waals surface area contributed by atoms with E-state index in [1.807, 2.05) is 6.92 Å². The van der Waals surface area contributed by atoms with Crippen LogP contribution < -0.4 is 10.0 Å². The summed E-state index contributed by atoms with van der Waals surface area (Å²) in [6.07, 6.45) is 4.74. The van der Waals surface area contributed by atoms with E-state index in [0.29, 0.717) is 17.7 Å². The van der Waals surface area contributed by atoms with E-state index in [-0.39, 0.29) is 10.8 Å². The number of likely N-dealkylation sites (tertiary alicyclic amines) is 1. The second-order valence-corrected chi connectivity index (χ2v) is 8.49. The number of carbonyl (C=O) groups is 1. The van der Waals surface area contributed by atoms with Gasteiger partial charge in [-0.3, -0.25) is 4.79 Å². The normalized spacial score (nSPS) is 16.0. The number of benzene rings is 1. The van der Waals surface area contributed by atoms with Crippen LogP contribution in [0.2, 0.25) is 0 Å². The molecule has 0 aliphatic carbocycles. The van der Waals surface area contributed by atoms with Crippen molar-refractivity contribution in [1.82, 2.24) is 14.9 Å². The molecule has 0 unspecified atom stereocenters. The van der Waals surface area contributed by atoms with E-state index in [1.54, 1.807) is 13.0 Å². The van der Waals surface area contributed by atoms with E-state index in [1.165, 1.54) is 32.4 Å². The van der Waals surface area contributed by atoms with Crippen LogP contribution in [0.4, 0.5) is 0 Å². The maximum absolute atomic E-state index is 12.4. The zero-order valence-corrected chi connectivity index (χ0v) is 16.2. The van der Waals surface area contributed by atoms with E-state index in [2.05, 4.69) is 14.9 Å². The van der Waals surface area contributed by atoms with Crippen LogP contribution in [0.3, 0.4) is 0 Å². The summed E-state index contributed by atoms with van der Waals surface area (Å²) in [6.45, 7) is 7.45. The molecule has 0 spiro atoms. The van der Waals surface area contributed by atoms with E-state index in [4.69, 9.17) is 0 Å². The third-order valence-electron chi connectivity index (χ3n) is 4.83. The van der Waals surface area contributed by atoms with Crippen molar-refractivity contribution >= 4 is 15.9 Å². The molecule has 0 radical (unpaired) electrons. The van der Waals surface area contributed by atoms with Crippen molar-refractivity contribution in [3.05, 3.63) is 28.8 Å². The Morgan fingerprint density at radius 1 is 1.16 bits per heavy atom. The maximum atomic E-state index is 12.4. The molecule has 25 heavy (non-hydrogen) atoms. The van der Waals surface area contributed by atoms with Crippen LogP contribution in [-0.4, -0.2) is 52.5 Å². The summed E-state index contributed by atoms with van der Waals surface area (Å²) >= 11 is 0. The lowest BCUT2D eigenvalue weighted by molar-refractivity contribution is 0.0950. The fourth-order valence-electron chi connectivity index (χ4n) is 3.14. The molecule has 7 heteroatoms. The molecule has 140 valence electrons. The van der Waals surface area contributed by atoms with Gasteiger partial charge in [-0.2, -0.15) is 0 Å². The minimum absolute atomic E-state index is 0.161. The van der Waals surface area contributed by atoms with Crippen molar-refractivity contribution in [3.8, 4) is 0 Å². The highest BCUT2D eigenvalue weighted by Crippen LogP contribution is 2.21. The molecule has 1 aliphatic heterocycles. The summed E-state index contributed by atoms with van der Waals surface area (Å²) in [7, 11) is -2.21. The van der Waals surface area contributed by atoms with Gasteiger partial charge in [-0.25, -0.2) is 13.1 Å². The van der Waals surface area contributed by atoms with Crippen molar-refractivity contribution in [2.75, 3.05) is 33.2 Å². The van der Waals surface area contributed by atoms with Gasteiger partial charge in [0.2, 0.25) is 10.0 Å². The molecule has 6 nitrogen and oxygen atoms in total. The van der Waals surface area contributed by atoms with Gasteiger partial charge in [0.1, 0.15) is 0 Å². The molecule has 0 saturated carbocycles. The molecule has 1 saturated heterocycles. The molecule has 1 fully saturated rings. The largest absolute Gasteiger partial charge is 0.352 e. The van der Waals surface area contributed by atoms with Crippen LogP contribution in [0.15, 0.2) is 17.0 Å². The molecule has 2 N–H and O–H groups in total. The Labute approximate surface area is 151 Å². The maximum Gasteiger partial charge on any atom is 0.251 e. The first-order valence-electron chi connectivity index (χ1n) is 8.90. The summed E-state index contributed by atoms with van der Waals surface area (Å²) < 4.78 is 26.6. The fraction of sp³-hybridized carbons (Fsp3) is 0.611. The Morgan fingerprint density at radius 3 is 2.48 bits per heavy atom. The quantitative estimate of drug-likeness (QED) is 0.721. The summed E-state index contributed by atoms with van der Waals surface area (Å²) in [6, 6.07) is 3.19. The molecule has 0 bridgehead atoms. The molecule has 0 aromatic heterocycles. The van der Waals surface area contributed by atoms with Crippen LogP contribution in [0, 0.1) is 13.8 Å². The van der Waals surface area contributed by atoms with E-state index in [0.717, 1.165) is 31.6 Å². The van der Waals surface area contributed by atoms with E-state index >= 15 is 0 Å². The molecule has 1 amide bonds. The van der Waals surface area contributed by atoms with Crippen LogP contribution in [-0.2, 0) is 10.0 Å². The third-order valence-corrected chi connectivity index (χ3v) is 6.37. The van der Waals surface area contributed by atoms with Gasteiger partial charge in [0, 0.05) is 12.1 Å². The second kappa shape index (κ2) is 8.78. The molecule has 2 rings (SSSR count). The highest BCUT2D eigenvalue weighted by molar-refractivity contribution is 7.89. The standard InChI is InChI=1S/C18H29N3O3S/c1-14-12-16(13-17(15(14)2)25(23,24)19-3)18(22)20-8-7-11-21-9-5-4-6-10-21/h12-13,19H,4-11H2,1-3H3,(H,20,22). The summed E-state index contributed by atoms with van der Waals surface area (Å²) in [4.78, 5) is 15.0. The molecule has 1 heterocycles. The first-order valence-corrected chi connectivity index (χ1v) is 10.4. The van der Waals surface area contributed by atoms with E-state index in [9.17, 15) is 13.2 Å². The summed E-state index contributed by atoms with van der Waals surface area (Å²) in [5.41, 5.74) is 1.83. The van der Waals surface area contributed by atoms with Gasteiger partial charge in [0.15, 0.2) is 0 Å². The first-order chi connectivity index (χ1) is 11.8. The fourth-order valence-corrected chi connectivity index (χ4v) is 4.20. The number of amides is 1. The Kier molecular flexibility index (Phi) is 6.98. The lowest BCUT2D eigenvalue weighted by Crippen LogP contribution is -2.33. The number of carbonyl (C=O) groups excluding carboxylic acids is 1. The van der Waals surface area contributed by atoms with Crippen molar-refractivity contribution in [2.24, 2.45) is 0 Å². The summed E-state index contributed by atoms with van der Waals surface area (Å²) in [5, 5.41) is 2.90. The van der Waals surface area contributed by atoms with Crippen LogP contribution in [0.1, 0.15) is 47.2 Å². The first kappa shape index (κ1) is 19.9. The average molecular weight is 368 g/mol. The number of piperidine rings is 1. The van der Waals surface area contributed by atoms with Crippen LogP contribution >= 0.6 is 0 Å². The predicted molar refractivity (Wildman–Crippen MR) is 99.4 cm³/mol. The molecular weight excluding hydrogens is 338 g/mol. The van der Waals surface area contributed by atoms with Crippen LogP contribution in [0.5, 0.6) is 0 Å². The van der Waals surface area contributed by atoms with Gasteiger partial charge in [0.05, 0.1) is 4.90 Å². The minimum atomic E-state index is -3.58. The number of hydrogen-bond acceptors (Lipinski definition) is 4. The molecule has 0 atom stereocenters. The second-order valence-electron chi connectivity index (χ2n) is 6.64. The highest BCUT2D eigenvalue weighted by atomic mass is 32.2. The van der Waals surface area contributed by atoms with Crippen LogP contribution in [0.25, 0.3) is 0 Å². The lowest BCUT2D eigenvalue weighted by Gasteiger charge is -2.26. The van der Waals surface area contributed by atoms with Crippen molar-refractivity contribution in [3.63, 3.8) is 0 Å². The molecule has 1 aromatic carbocycles. The lowest BCUT2D eigenvalue weighted by atomic mass is 10.1. The number of hydrogen-bond donors (Lipinski definition) is 2. The van der Waals surface area contributed by atoms with Gasteiger partial charge in [-0.1, -0.05) is 6.42 Å². The Bertz CT molecular complexity index is 711. The van der Waals surface area contributed by atoms with Gasteiger partial charge in [-0.15, -0.1) is 0 Å². The number of aryl methyl sites for hydroxylation is 1. The molecule has 1 aliphatic rings. The smallest absolute Gasteiger partial charge is 0.251 e. The minimum Gasteiger partial charge on any atom is -0.352 e. The highest BCUT2D eigenvalue weighted by Gasteiger charge is 2.19. The van der Waals surface area contributed by atoms with Gasteiger partial charge >= 0.3 is 0 Å². The van der Waals surface area contributed by atoms with Gasteiger partial charge in [-0.05, 0) is 83.1 Å². The van der Waals surface area contributed by atoms with E-state index < -0.39 is 10.0 Å². The Balaban J connectivity index is 1.97. The van der Waals surface area contributed by atoms with Gasteiger partial charge < -0.3 is 10.2 Å². The summed E-state index contributed by atoms with van der Waals surface area (Å²) in [5.74, 6) is -0.228. The predicted octanol–water partition coefficient (Wildman–Crippen LogP) is 1.82. The van der Waals surface area contributed by atoms with Crippen molar-refractivity contribution < 1.29 is 13.2 Å². The zero-order chi connectivity index (χ0) is 18.4. The topological polar surface area (TPSA) is 78.5 Å². The Hall–Kier alpha value is -1.44. The number of rotatable bonds is 7. The van der Waals surface area contributed by atoms with Crippen molar-refractivity contribution in [1.29, 1.82) is 0 Å². The number of sulfonamides is 1. The van der Waals surface area contributed by atoms with Gasteiger partial charge in [0.25, 0.3) is 5.91 Å². The Morgan fingerprint density at radius 2 is 1.84 bits per heavy atom. The third kappa shape index (κ3) is 5.26. The number of nitrogens with one attached hydrogen (secondary N) is 2.